The third-order valence-electron chi connectivity index (χ3n) is 1.66. The highest BCUT2D eigenvalue weighted by Crippen LogP contribution is 2.20. The minimum Gasteiger partial charge on any atom is -0.462 e. The summed E-state index contributed by atoms with van der Waals surface area (Å²) in [5, 5.41) is 1.31. The average molecular weight is 233 g/mol. The van der Waals surface area contributed by atoms with E-state index in [9.17, 15) is 18.0 Å². The molecule has 1 rings (SSSR count). The first kappa shape index (κ1) is 12.4. The van der Waals surface area contributed by atoms with Crippen molar-refractivity contribution in [3.63, 3.8) is 0 Å². The molecule has 1 N–H and O–H groups in total. The van der Waals surface area contributed by atoms with E-state index < -0.39 is 12.3 Å². The molecule has 0 aromatic heterocycles. The molecule has 0 fully saturated rings. The summed E-state index contributed by atoms with van der Waals surface area (Å²) >= 11 is 0. The predicted octanol–water partition coefficient (Wildman–Crippen LogP) is 2.80. The molecular formula is C10H10F3NO2. The average Bonchev–Trinajstić information content (AvgIpc) is 2.16. The first-order valence-electron chi connectivity index (χ1n) is 4.54. The summed E-state index contributed by atoms with van der Waals surface area (Å²) in [6.07, 6.45) is -4.52. The van der Waals surface area contributed by atoms with Crippen LogP contribution in [0.15, 0.2) is 24.3 Å². The van der Waals surface area contributed by atoms with Gasteiger partial charge in [-0.1, -0.05) is 6.07 Å². The topological polar surface area (TPSA) is 38.3 Å². The first-order chi connectivity index (χ1) is 7.42. The maximum atomic E-state index is 12.0. The molecule has 6 heteroatoms. The monoisotopic (exact) mass is 233 g/mol. The van der Waals surface area contributed by atoms with E-state index in [4.69, 9.17) is 0 Å². The molecule has 0 amide bonds. The molecule has 0 saturated heterocycles. The van der Waals surface area contributed by atoms with Gasteiger partial charge in [-0.25, -0.2) is 4.79 Å². The highest BCUT2D eigenvalue weighted by molar-refractivity contribution is 5.90. The number of halogens is 3. The van der Waals surface area contributed by atoms with Crippen LogP contribution >= 0.6 is 0 Å². The Morgan fingerprint density at radius 3 is 2.69 bits per heavy atom. The Morgan fingerprint density at radius 1 is 1.44 bits per heavy atom. The number of benzene rings is 1. The SMILES string of the molecule is CCOC(=O)c1cccc(NC(F)(F)F)c1. The Kier molecular flexibility index (Phi) is 3.76. The number of ether oxygens (including phenoxy) is 1. The van der Waals surface area contributed by atoms with E-state index in [-0.39, 0.29) is 17.9 Å². The fourth-order valence-corrected chi connectivity index (χ4v) is 1.10. The van der Waals surface area contributed by atoms with Crippen LogP contribution in [-0.2, 0) is 4.74 Å². The summed E-state index contributed by atoms with van der Waals surface area (Å²) in [5.74, 6) is -0.645. The highest BCUT2D eigenvalue weighted by atomic mass is 19.4. The fraction of sp³-hybridized carbons (Fsp3) is 0.300. The number of anilines is 1. The second-order valence-corrected chi connectivity index (χ2v) is 2.92. The Bertz CT molecular complexity index is 377. The summed E-state index contributed by atoms with van der Waals surface area (Å²) in [6.45, 7) is 1.80. The van der Waals surface area contributed by atoms with Crippen LogP contribution in [0.25, 0.3) is 0 Å². The molecule has 0 aliphatic carbocycles. The van der Waals surface area contributed by atoms with Crippen molar-refractivity contribution < 1.29 is 22.7 Å². The number of esters is 1. The Balaban J connectivity index is 2.83. The number of hydrogen-bond acceptors (Lipinski definition) is 3. The number of rotatable bonds is 3. The minimum atomic E-state index is -4.52. The molecule has 0 radical (unpaired) electrons. The quantitative estimate of drug-likeness (QED) is 0.644. The van der Waals surface area contributed by atoms with Gasteiger partial charge in [0.15, 0.2) is 0 Å². The van der Waals surface area contributed by atoms with Gasteiger partial charge in [-0.15, -0.1) is 0 Å². The maximum Gasteiger partial charge on any atom is 0.482 e. The molecule has 0 aliphatic rings. The highest BCUT2D eigenvalue weighted by Gasteiger charge is 2.27. The van der Waals surface area contributed by atoms with Crippen molar-refractivity contribution in [1.29, 1.82) is 0 Å². The lowest BCUT2D eigenvalue weighted by molar-refractivity contribution is -0.0999. The normalized spacial score (nSPS) is 11.0. The van der Waals surface area contributed by atoms with Gasteiger partial charge in [-0.2, -0.15) is 13.2 Å². The number of nitrogens with one attached hydrogen (secondary N) is 1. The van der Waals surface area contributed by atoms with Crippen molar-refractivity contribution in [2.45, 2.75) is 13.2 Å². The summed E-state index contributed by atoms with van der Waals surface area (Å²) in [7, 11) is 0. The number of hydrogen-bond donors (Lipinski definition) is 1. The second kappa shape index (κ2) is 4.87. The molecular weight excluding hydrogens is 223 g/mol. The Morgan fingerprint density at radius 2 is 2.12 bits per heavy atom. The van der Waals surface area contributed by atoms with Crippen molar-refractivity contribution in [1.82, 2.24) is 0 Å². The van der Waals surface area contributed by atoms with Crippen LogP contribution < -0.4 is 5.32 Å². The van der Waals surface area contributed by atoms with Crippen LogP contribution in [0.4, 0.5) is 18.9 Å². The molecule has 88 valence electrons. The lowest BCUT2D eigenvalue weighted by Gasteiger charge is -2.10. The standard InChI is InChI=1S/C10H10F3NO2/c1-2-16-9(15)7-4-3-5-8(6-7)14-10(11,12)13/h3-6,14H,2H2,1H3. The molecule has 0 aliphatic heterocycles. The molecule has 1 aromatic carbocycles. The van der Waals surface area contributed by atoms with E-state index in [0.29, 0.717) is 0 Å². The van der Waals surface area contributed by atoms with E-state index in [1.54, 1.807) is 6.92 Å². The third-order valence-corrected chi connectivity index (χ3v) is 1.66. The minimum absolute atomic E-state index is 0.0797. The van der Waals surface area contributed by atoms with Gasteiger partial charge in [-0.05, 0) is 25.1 Å². The Hall–Kier alpha value is -1.72. The summed E-state index contributed by atoms with van der Waals surface area (Å²) in [6, 6.07) is 5.04. The van der Waals surface area contributed by atoms with Gasteiger partial charge >= 0.3 is 12.3 Å². The summed E-state index contributed by atoms with van der Waals surface area (Å²) in [4.78, 5) is 11.2. The van der Waals surface area contributed by atoms with E-state index >= 15 is 0 Å². The van der Waals surface area contributed by atoms with E-state index in [1.165, 1.54) is 23.5 Å². The zero-order valence-electron chi connectivity index (χ0n) is 8.47. The lowest BCUT2D eigenvalue weighted by Crippen LogP contribution is -2.20. The van der Waals surface area contributed by atoms with Crippen LogP contribution in [0.3, 0.4) is 0 Å². The van der Waals surface area contributed by atoms with E-state index in [1.807, 2.05) is 0 Å². The van der Waals surface area contributed by atoms with Gasteiger partial charge < -0.3 is 4.74 Å². The van der Waals surface area contributed by atoms with Crippen LogP contribution in [0.5, 0.6) is 0 Å². The maximum absolute atomic E-state index is 12.0. The molecule has 3 nitrogen and oxygen atoms in total. The third kappa shape index (κ3) is 3.80. The van der Waals surface area contributed by atoms with Crippen molar-refractivity contribution in [3.8, 4) is 0 Å². The molecule has 0 heterocycles. The van der Waals surface area contributed by atoms with Crippen molar-refractivity contribution in [3.05, 3.63) is 29.8 Å². The molecule has 0 saturated carbocycles. The van der Waals surface area contributed by atoms with Crippen molar-refractivity contribution in [2.75, 3.05) is 11.9 Å². The van der Waals surface area contributed by atoms with Gasteiger partial charge in [0, 0.05) is 5.69 Å². The van der Waals surface area contributed by atoms with E-state index in [0.717, 1.165) is 6.07 Å². The zero-order chi connectivity index (χ0) is 12.2. The van der Waals surface area contributed by atoms with Gasteiger partial charge in [0.25, 0.3) is 0 Å². The van der Waals surface area contributed by atoms with Gasteiger partial charge in [-0.3, -0.25) is 5.32 Å². The number of carbonyl (C=O) groups is 1. The molecule has 0 atom stereocenters. The molecule has 16 heavy (non-hydrogen) atoms. The van der Waals surface area contributed by atoms with Crippen LogP contribution in [0.1, 0.15) is 17.3 Å². The summed E-state index contributed by atoms with van der Waals surface area (Å²) < 4.78 is 40.6. The van der Waals surface area contributed by atoms with Gasteiger partial charge in [0.05, 0.1) is 12.2 Å². The molecule has 0 spiro atoms. The van der Waals surface area contributed by atoms with E-state index in [2.05, 4.69) is 4.74 Å². The number of alkyl halides is 3. The molecule has 0 bridgehead atoms. The van der Waals surface area contributed by atoms with Crippen LogP contribution in [0.2, 0.25) is 0 Å². The smallest absolute Gasteiger partial charge is 0.462 e. The van der Waals surface area contributed by atoms with Crippen LogP contribution in [-0.4, -0.2) is 18.9 Å². The largest absolute Gasteiger partial charge is 0.482 e. The second-order valence-electron chi connectivity index (χ2n) is 2.92. The predicted molar refractivity (Wildman–Crippen MR) is 52.1 cm³/mol. The van der Waals surface area contributed by atoms with Crippen molar-refractivity contribution >= 4 is 11.7 Å². The zero-order valence-corrected chi connectivity index (χ0v) is 8.47. The first-order valence-corrected chi connectivity index (χ1v) is 4.54. The fourth-order valence-electron chi connectivity index (χ4n) is 1.10. The van der Waals surface area contributed by atoms with Crippen molar-refractivity contribution in [2.24, 2.45) is 0 Å². The Labute approximate surface area is 90.2 Å². The molecule has 1 aromatic rings. The number of carbonyl (C=O) groups excluding carboxylic acids is 1. The van der Waals surface area contributed by atoms with Gasteiger partial charge in [0.2, 0.25) is 0 Å². The molecule has 0 unspecified atom stereocenters. The van der Waals surface area contributed by atoms with Crippen LogP contribution in [0, 0.1) is 0 Å². The lowest BCUT2D eigenvalue weighted by atomic mass is 10.2. The van der Waals surface area contributed by atoms with Gasteiger partial charge in [0.1, 0.15) is 0 Å². The summed E-state index contributed by atoms with van der Waals surface area (Å²) in [5.41, 5.74) is -0.117.